The number of ether oxygens (including phenoxy) is 1. The number of carbonyl (C=O) groups is 3. The highest BCUT2D eigenvalue weighted by atomic mass is 16.5. The summed E-state index contributed by atoms with van der Waals surface area (Å²) in [5.41, 5.74) is 2.09. The molecule has 1 atom stereocenters. The standard InChI is InChI=1S/C24H27N3O4/c1-17-8-7-9-18(14-17)23(29)25-15-22(28)27-16-21(24(30)26-12-5-2-6-13-26)31-20-11-4-3-10-19(20)27/h3-4,7-11,14,21H,2,5-6,12-13,15-16H2,1H3,(H,25,29)/t21-/m0/s1. The molecule has 0 spiro atoms. The van der Waals surface area contributed by atoms with Crippen LogP contribution in [0.15, 0.2) is 48.5 Å². The molecule has 1 N–H and O–H groups in total. The molecule has 4 rings (SSSR count). The molecule has 7 nitrogen and oxygen atoms in total. The van der Waals surface area contributed by atoms with Crippen LogP contribution in [0.2, 0.25) is 0 Å². The number of nitrogens with zero attached hydrogens (tertiary/aromatic N) is 2. The second-order valence-electron chi connectivity index (χ2n) is 8.02. The number of carbonyl (C=O) groups excluding carboxylic acids is 3. The molecule has 7 heteroatoms. The summed E-state index contributed by atoms with van der Waals surface area (Å²) in [4.78, 5) is 41.9. The van der Waals surface area contributed by atoms with Gasteiger partial charge in [-0.1, -0.05) is 29.8 Å². The molecule has 0 aliphatic carbocycles. The van der Waals surface area contributed by atoms with Crippen molar-refractivity contribution in [3.05, 3.63) is 59.7 Å². The Morgan fingerprint density at radius 1 is 1.03 bits per heavy atom. The van der Waals surface area contributed by atoms with Crippen molar-refractivity contribution in [2.24, 2.45) is 0 Å². The molecule has 0 saturated carbocycles. The third kappa shape index (κ3) is 4.71. The number of hydrogen-bond acceptors (Lipinski definition) is 4. The zero-order chi connectivity index (χ0) is 21.8. The summed E-state index contributed by atoms with van der Waals surface area (Å²) in [7, 11) is 0. The molecule has 2 aliphatic rings. The molecule has 2 aromatic carbocycles. The molecule has 1 fully saturated rings. The monoisotopic (exact) mass is 421 g/mol. The molecular weight excluding hydrogens is 394 g/mol. The van der Waals surface area contributed by atoms with Crippen molar-refractivity contribution in [3.63, 3.8) is 0 Å². The fourth-order valence-electron chi connectivity index (χ4n) is 4.06. The number of nitrogens with one attached hydrogen (secondary N) is 1. The van der Waals surface area contributed by atoms with E-state index in [9.17, 15) is 14.4 Å². The molecule has 1 saturated heterocycles. The van der Waals surface area contributed by atoms with Gasteiger partial charge in [-0.15, -0.1) is 0 Å². The van der Waals surface area contributed by atoms with Crippen LogP contribution in [0, 0.1) is 6.92 Å². The van der Waals surface area contributed by atoms with Gasteiger partial charge in [0, 0.05) is 18.7 Å². The molecule has 0 bridgehead atoms. The minimum atomic E-state index is -0.746. The highest BCUT2D eigenvalue weighted by Gasteiger charge is 2.36. The van der Waals surface area contributed by atoms with E-state index in [0.29, 0.717) is 17.0 Å². The lowest BCUT2D eigenvalue weighted by Gasteiger charge is -2.37. The Balaban J connectivity index is 1.47. The number of benzene rings is 2. The van der Waals surface area contributed by atoms with Gasteiger partial charge < -0.3 is 19.9 Å². The Morgan fingerprint density at radius 2 is 1.81 bits per heavy atom. The van der Waals surface area contributed by atoms with Gasteiger partial charge in [0.05, 0.1) is 18.8 Å². The average molecular weight is 421 g/mol. The van der Waals surface area contributed by atoms with E-state index in [0.717, 1.165) is 37.9 Å². The van der Waals surface area contributed by atoms with Crippen molar-refractivity contribution in [1.82, 2.24) is 10.2 Å². The topological polar surface area (TPSA) is 79.0 Å². The lowest BCUT2D eigenvalue weighted by Crippen LogP contribution is -2.54. The lowest BCUT2D eigenvalue weighted by molar-refractivity contribution is -0.139. The van der Waals surface area contributed by atoms with Crippen LogP contribution in [-0.4, -0.2) is 54.9 Å². The van der Waals surface area contributed by atoms with Crippen molar-refractivity contribution in [2.45, 2.75) is 32.3 Å². The van der Waals surface area contributed by atoms with Gasteiger partial charge in [0.15, 0.2) is 6.10 Å². The predicted molar refractivity (Wildman–Crippen MR) is 117 cm³/mol. The van der Waals surface area contributed by atoms with Crippen molar-refractivity contribution in [3.8, 4) is 5.75 Å². The Labute approximate surface area is 182 Å². The van der Waals surface area contributed by atoms with E-state index in [-0.39, 0.29) is 30.8 Å². The van der Waals surface area contributed by atoms with E-state index >= 15 is 0 Å². The van der Waals surface area contributed by atoms with Crippen LogP contribution in [-0.2, 0) is 9.59 Å². The minimum Gasteiger partial charge on any atom is -0.476 e. The van der Waals surface area contributed by atoms with Crippen LogP contribution in [0.3, 0.4) is 0 Å². The van der Waals surface area contributed by atoms with Crippen LogP contribution in [0.4, 0.5) is 5.69 Å². The molecule has 2 aliphatic heterocycles. The normalized spacial score (nSPS) is 18.0. The highest BCUT2D eigenvalue weighted by molar-refractivity contribution is 6.02. The molecule has 3 amide bonds. The molecule has 0 aromatic heterocycles. The third-order valence-electron chi connectivity index (χ3n) is 5.70. The number of fused-ring (bicyclic) bond motifs is 1. The second kappa shape index (κ2) is 9.20. The van der Waals surface area contributed by atoms with E-state index in [1.54, 1.807) is 35.2 Å². The number of para-hydroxylation sites is 2. The van der Waals surface area contributed by atoms with Gasteiger partial charge >= 0.3 is 0 Å². The zero-order valence-electron chi connectivity index (χ0n) is 17.7. The number of aryl methyl sites for hydroxylation is 1. The Bertz CT molecular complexity index is 984. The quantitative estimate of drug-likeness (QED) is 0.823. The van der Waals surface area contributed by atoms with Crippen LogP contribution in [0.25, 0.3) is 0 Å². The molecule has 162 valence electrons. The Kier molecular flexibility index (Phi) is 6.21. The van der Waals surface area contributed by atoms with E-state index in [4.69, 9.17) is 4.74 Å². The summed E-state index contributed by atoms with van der Waals surface area (Å²) < 4.78 is 5.96. The molecule has 0 radical (unpaired) electrons. The zero-order valence-corrected chi connectivity index (χ0v) is 17.7. The number of amides is 3. The first-order valence-electron chi connectivity index (χ1n) is 10.7. The van der Waals surface area contributed by atoms with E-state index < -0.39 is 6.10 Å². The SMILES string of the molecule is Cc1cccc(C(=O)NCC(=O)N2C[C@@H](C(=O)N3CCCCC3)Oc3ccccc32)c1. The molecule has 2 heterocycles. The van der Waals surface area contributed by atoms with Crippen molar-refractivity contribution >= 4 is 23.4 Å². The van der Waals surface area contributed by atoms with Gasteiger partial charge in [0.25, 0.3) is 11.8 Å². The number of rotatable bonds is 4. The first kappa shape index (κ1) is 20.9. The van der Waals surface area contributed by atoms with E-state index in [1.807, 2.05) is 30.0 Å². The highest BCUT2D eigenvalue weighted by Crippen LogP contribution is 2.33. The molecule has 0 unspecified atom stereocenters. The largest absolute Gasteiger partial charge is 0.476 e. The first-order chi connectivity index (χ1) is 15.0. The lowest BCUT2D eigenvalue weighted by atomic mass is 10.1. The van der Waals surface area contributed by atoms with Crippen LogP contribution < -0.4 is 15.0 Å². The van der Waals surface area contributed by atoms with Crippen LogP contribution in [0.1, 0.15) is 35.2 Å². The maximum atomic E-state index is 13.0. The van der Waals surface area contributed by atoms with Gasteiger partial charge in [-0.2, -0.15) is 0 Å². The molecule has 2 aromatic rings. The fourth-order valence-corrected chi connectivity index (χ4v) is 4.06. The van der Waals surface area contributed by atoms with E-state index in [2.05, 4.69) is 5.32 Å². The minimum absolute atomic E-state index is 0.0872. The van der Waals surface area contributed by atoms with E-state index in [1.165, 1.54) is 0 Å². The maximum Gasteiger partial charge on any atom is 0.265 e. The van der Waals surface area contributed by atoms with Gasteiger partial charge in [-0.05, 0) is 50.5 Å². The van der Waals surface area contributed by atoms with Crippen LogP contribution >= 0.6 is 0 Å². The third-order valence-corrected chi connectivity index (χ3v) is 5.70. The first-order valence-corrected chi connectivity index (χ1v) is 10.7. The smallest absolute Gasteiger partial charge is 0.265 e. The maximum absolute atomic E-state index is 13.0. The number of hydrogen-bond donors (Lipinski definition) is 1. The van der Waals surface area contributed by atoms with Gasteiger partial charge in [0.1, 0.15) is 5.75 Å². The molecular formula is C24H27N3O4. The van der Waals surface area contributed by atoms with Gasteiger partial charge in [-0.3, -0.25) is 14.4 Å². The Hall–Kier alpha value is -3.35. The Morgan fingerprint density at radius 3 is 2.58 bits per heavy atom. The summed E-state index contributed by atoms with van der Waals surface area (Å²) in [6.45, 7) is 3.32. The average Bonchev–Trinajstić information content (AvgIpc) is 2.81. The summed E-state index contributed by atoms with van der Waals surface area (Å²) in [6.07, 6.45) is 2.36. The predicted octanol–water partition coefficient (Wildman–Crippen LogP) is 2.53. The van der Waals surface area contributed by atoms with Gasteiger partial charge in [0.2, 0.25) is 5.91 Å². The van der Waals surface area contributed by atoms with Crippen LogP contribution in [0.5, 0.6) is 5.75 Å². The number of anilines is 1. The van der Waals surface area contributed by atoms with Crippen molar-refractivity contribution in [1.29, 1.82) is 0 Å². The summed E-state index contributed by atoms with van der Waals surface area (Å²) in [6, 6.07) is 14.4. The molecule has 31 heavy (non-hydrogen) atoms. The summed E-state index contributed by atoms with van der Waals surface area (Å²) in [5.74, 6) is -0.175. The number of likely N-dealkylation sites (tertiary alicyclic amines) is 1. The van der Waals surface area contributed by atoms with Crippen molar-refractivity contribution < 1.29 is 19.1 Å². The fraction of sp³-hybridized carbons (Fsp3) is 0.375. The summed E-state index contributed by atoms with van der Waals surface area (Å²) >= 11 is 0. The van der Waals surface area contributed by atoms with Gasteiger partial charge in [-0.25, -0.2) is 0 Å². The number of piperidine rings is 1. The second-order valence-corrected chi connectivity index (χ2v) is 8.02. The van der Waals surface area contributed by atoms with Crippen molar-refractivity contribution in [2.75, 3.05) is 31.1 Å². The summed E-state index contributed by atoms with van der Waals surface area (Å²) in [5, 5.41) is 2.70.